The summed E-state index contributed by atoms with van der Waals surface area (Å²) in [7, 11) is 0. The molecule has 1 aromatic carbocycles. The molecule has 0 aliphatic carbocycles. The molecule has 0 spiro atoms. The zero-order valence-electron chi connectivity index (χ0n) is 10.0. The molecule has 0 fully saturated rings. The fraction of sp³-hybridized carbons (Fsp3) is 0.143. The third-order valence-electron chi connectivity index (χ3n) is 2.47. The number of nitrogens with zero attached hydrogens (tertiary/aromatic N) is 1. The van der Waals surface area contributed by atoms with E-state index in [0.717, 1.165) is 5.56 Å². The molecular weight excluding hydrogens is 228 g/mol. The summed E-state index contributed by atoms with van der Waals surface area (Å²) >= 11 is 0. The Balaban J connectivity index is 1.92. The summed E-state index contributed by atoms with van der Waals surface area (Å²) in [6.45, 7) is 1.88. The molecule has 1 atom stereocenters. The van der Waals surface area contributed by atoms with Crippen LogP contribution in [0.25, 0.3) is 0 Å². The Labute approximate surface area is 106 Å². The Bertz CT molecular complexity index is 500. The van der Waals surface area contributed by atoms with Gasteiger partial charge >= 0.3 is 6.09 Å². The van der Waals surface area contributed by atoms with Crippen LogP contribution >= 0.6 is 0 Å². The van der Waals surface area contributed by atoms with Crippen LogP contribution in [0.1, 0.15) is 18.5 Å². The third kappa shape index (κ3) is 3.31. The van der Waals surface area contributed by atoms with E-state index in [2.05, 4.69) is 10.3 Å². The minimum absolute atomic E-state index is 0.144. The lowest BCUT2D eigenvalue weighted by molar-refractivity contribution is 0.197. The Kier molecular flexibility index (Phi) is 3.91. The average Bonchev–Trinajstić information content (AvgIpc) is 2.40. The molecular formula is C14H14N2O2. The Hall–Kier alpha value is -2.36. The molecule has 92 valence electrons. The summed E-state index contributed by atoms with van der Waals surface area (Å²) in [5.74, 6) is 0.522. The second-order valence-corrected chi connectivity index (χ2v) is 3.85. The topological polar surface area (TPSA) is 51.2 Å². The Morgan fingerprint density at radius 1 is 1.22 bits per heavy atom. The van der Waals surface area contributed by atoms with Crippen molar-refractivity contribution in [3.63, 3.8) is 0 Å². The van der Waals surface area contributed by atoms with Gasteiger partial charge in [0, 0.05) is 12.4 Å². The molecule has 0 saturated carbocycles. The fourth-order valence-corrected chi connectivity index (χ4v) is 1.52. The van der Waals surface area contributed by atoms with Crippen molar-refractivity contribution in [3.05, 3.63) is 60.4 Å². The van der Waals surface area contributed by atoms with Gasteiger partial charge < -0.3 is 10.1 Å². The summed E-state index contributed by atoms with van der Waals surface area (Å²) in [6, 6.07) is 12.5. The molecule has 18 heavy (non-hydrogen) atoms. The van der Waals surface area contributed by atoms with Crippen molar-refractivity contribution in [3.8, 4) is 5.75 Å². The van der Waals surface area contributed by atoms with E-state index in [1.807, 2.05) is 37.3 Å². The summed E-state index contributed by atoms with van der Waals surface area (Å²) in [6.07, 6.45) is 2.93. The summed E-state index contributed by atoms with van der Waals surface area (Å²) in [5, 5.41) is 2.74. The SMILES string of the molecule is C[C@H](NC(=O)Oc1ccccc1)c1cccnc1. The number of aromatic nitrogens is 1. The predicted octanol–water partition coefficient (Wildman–Crippen LogP) is 2.93. The van der Waals surface area contributed by atoms with Crippen molar-refractivity contribution in [2.24, 2.45) is 0 Å². The van der Waals surface area contributed by atoms with Crippen LogP contribution in [0.3, 0.4) is 0 Å². The van der Waals surface area contributed by atoms with E-state index < -0.39 is 6.09 Å². The van der Waals surface area contributed by atoms with Crippen LogP contribution < -0.4 is 10.1 Å². The van der Waals surface area contributed by atoms with E-state index in [1.54, 1.807) is 24.5 Å². The highest BCUT2D eigenvalue weighted by atomic mass is 16.6. The average molecular weight is 242 g/mol. The summed E-state index contributed by atoms with van der Waals surface area (Å²) in [5.41, 5.74) is 0.933. The minimum atomic E-state index is -0.474. The molecule has 0 bridgehead atoms. The molecule has 0 saturated heterocycles. The standard InChI is InChI=1S/C14H14N2O2/c1-11(12-6-5-9-15-10-12)16-14(17)18-13-7-3-2-4-8-13/h2-11H,1H3,(H,16,17)/t11-/m0/s1. The highest BCUT2D eigenvalue weighted by Gasteiger charge is 2.10. The smallest absolute Gasteiger partial charge is 0.410 e. The summed E-state index contributed by atoms with van der Waals surface area (Å²) < 4.78 is 5.14. The molecule has 4 heteroatoms. The van der Waals surface area contributed by atoms with Gasteiger partial charge in [-0.2, -0.15) is 0 Å². The first-order chi connectivity index (χ1) is 8.75. The lowest BCUT2D eigenvalue weighted by Gasteiger charge is -2.13. The van der Waals surface area contributed by atoms with Crippen molar-refractivity contribution in [2.75, 3.05) is 0 Å². The second kappa shape index (κ2) is 5.82. The first-order valence-corrected chi connectivity index (χ1v) is 5.69. The van der Waals surface area contributed by atoms with Gasteiger partial charge in [0.2, 0.25) is 0 Å². The van der Waals surface area contributed by atoms with Crippen LogP contribution in [0.2, 0.25) is 0 Å². The number of hydrogen-bond acceptors (Lipinski definition) is 3. The maximum atomic E-state index is 11.6. The van der Waals surface area contributed by atoms with Crippen LogP contribution in [0.15, 0.2) is 54.9 Å². The van der Waals surface area contributed by atoms with E-state index >= 15 is 0 Å². The largest absolute Gasteiger partial charge is 0.413 e. The van der Waals surface area contributed by atoms with E-state index in [9.17, 15) is 4.79 Å². The van der Waals surface area contributed by atoms with Gasteiger partial charge in [-0.15, -0.1) is 0 Å². The number of para-hydroxylation sites is 1. The monoisotopic (exact) mass is 242 g/mol. The highest BCUT2D eigenvalue weighted by molar-refractivity contribution is 5.70. The van der Waals surface area contributed by atoms with E-state index in [1.165, 1.54) is 0 Å². The number of hydrogen-bond donors (Lipinski definition) is 1. The maximum Gasteiger partial charge on any atom is 0.413 e. The van der Waals surface area contributed by atoms with Crippen molar-refractivity contribution in [1.29, 1.82) is 0 Å². The van der Waals surface area contributed by atoms with Crippen LogP contribution in [0, 0.1) is 0 Å². The molecule has 0 aliphatic heterocycles. The Morgan fingerprint density at radius 3 is 2.67 bits per heavy atom. The van der Waals surface area contributed by atoms with Gasteiger partial charge in [-0.25, -0.2) is 4.79 Å². The maximum absolute atomic E-state index is 11.6. The van der Waals surface area contributed by atoms with Gasteiger partial charge in [-0.05, 0) is 30.7 Å². The number of nitrogens with one attached hydrogen (secondary N) is 1. The predicted molar refractivity (Wildman–Crippen MR) is 68.3 cm³/mol. The minimum Gasteiger partial charge on any atom is -0.410 e. The Morgan fingerprint density at radius 2 is 2.00 bits per heavy atom. The molecule has 1 heterocycles. The van der Waals surface area contributed by atoms with Crippen LogP contribution in [-0.4, -0.2) is 11.1 Å². The summed E-state index contributed by atoms with van der Waals surface area (Å²) in [4.78, 5) is 15.6. The number of ether oxygens (including phenoxy) is 1. The van der Waals surface area contributed by atoms with Crippen LogP contribution in [0.5, 0.6) is 5.75 Å². The molecule has 1 aromatic heterocycles. The first kappa shape index (κ1) is 12.1. The fourth-order valence-electron chi connectivity index (χ4n) is 1.52. The number of carbonyl (C=O) groups excluding carboxylic acids is 1. The zero-order chi connectivity index (χ0) is 12.8. The van der Waals surface area contributed by atoms with Crippen molar-refractivity contribution < 1.29 is 9.53 Å². The van der Waals surface area contributed by atoms with Crippen molar-refractivity contribution in [1.82, 2.24) is 10.3 Å². The van der Waals surface area contributed by atoms with E-state index in [0.29, 0.717) is 5.75 Å². The van der Waals surface area contributed by atoms with Gasteiger partial charge in [0.1, 0.15) is 5.75 Å². The van der Waals surface area contributed by atoms with Gasteiger partial charge in [0.25, 0.3) is 0 Å². The molecule has 0 unspecified atom stereocenters. The third-order valence-corrected chi connectivity index (χ3v) is 2.47. The quantitative estimate of drug-likeness (QED) is 0.900. The van der Waals surface area contributed by atoms with Gasteiger partial charge in [-0.3, -0.25) is 4.98 Å². The zero-order valence-corrected chi connectivity index (χ0v) is 10.0. The molecule has 0 aliphatic rings. The van der Waals surface area contributed by atoms with Gasteiger partial charge in [-0.1, -0.05) is 24.3 Å². The molecule has 4 nitrogen and oxygen atoms in total. The van der Waals surface area contributed by atoms with Gasteiger partial charge in [0.15, 0.2) is 0 Å². The number of carbonyl (C=O) groups is 1. The normalized spacial score (nSPS) is 11.6. The molecule has 1 amide bonds. The van der Waals surface area contributed by atoms with E-state index in [4.69, 9.17) is 4.74 Å². The number of pyridine rings is 1. The number of benzene rings is 1. The number of rotatable bonds is 3. The van der Waals surface area contributed by atoms with Crippen molar-refractivity contribution >= 4 is 6.09 Å². The van der Waals surface area contributed by atoms with Crippen molar-refractivity contribution in [2.45, 2.75) is 13.0 Å². The van der Waals surface area contributed by atoms with Crippen LogP contribution in [-0.2, 0) is 0 Å². The molecule has 0 radical (unpaired) electrons. The first-order valence-electron chi connectivity index (χ1n) is 5.69. The molecule has 2 aromatic rings. The number of amides is 1. The lowest BCUT2D eigenvalue weighted by Crippen LogP contribution is -2.29. The molecule has 1 N–H and O–H groups in total. The van der Waals surface area contributed by atoms with Gasteiger partial charge in [0.05, 0.1) is 6.04 Å². The second-order valence-electron chi connectivity index (χ2n) is 3.85. The molecule has 2 rings (SSSR count). The van der Waals surface area contributed by atoms with E-state index in [-0.39, 0.29) is 6.04 Å². The van der Waals surface area contributed by atoms with Crippen LogP contribution in [0.4, 0.5) is 4.79 Å². The highest BCUT2D eigenvalue weighted by Crippen LogP contribution is 2.12. The lowest BCUT2D eigenvalue weighted by atomic mass is 10.1.